The lowest BCUT2D eigenvalue weighted by atomic mass is 10.2. The van der Waals surface area contributed by atoms with Crippen molar-refractivity contribution in [3.8, 4) is 0 Å². The second-order valence-electron chi connectivity index (χ2n) is 5.24. The molecular weight excluding hydrogens is 409 g/mol. The predicted molar refractivity (Wildman–Crippen MR) is 104 cm³/mol. The Morgan fingerprint density at radius 3 is 2.46 bits per heavy atom. The molecule has 0 saturated carbocycles. The molecule has 3 rings (SSSR count). The maximum absolute atomic E-state index is 12.3. The number of rotatable bonds is 6. The van der Waals surface area contributed by atoms with Crippen LogP contribution in [0.3, 0.4) is 0 Å². The molecule has 0 radical (unpaired) electrons. The van der Waals surface area contributed by atoms with E-state index < -0.39 is 16.5 Å². The number of carbonyl (C=O) groups is 1. The van der Waals surface area contributed by atoms with Gasteiger partial charge in [-0.05, 0) is 30.3 Å². The van der Waals surface area contributed by atoms with Crippen LogP contribution in [0, 0.1) is 10.1 Å². The van der Waals surface area contributed by atoms with Crippen molar-refractivity contribution in [3.05, 3.63) is 74.8 Å². The van der Waals surface area contributed by atoms with Crippen LogP contribution in [-0.4, -0.2) is 25.8 Å². The van der Waals surface area contributed by atoms with Crippen LogP contribution in [0.15, 0.2) is 49.1 Å². The molecule has 1 amide bonds. The normalized spacial score (nSPS) is 10.2. The van der Waals surface area contributed by atoms with Crippen LogP contribution in [0.2, 0.25) is 10.0 Å². The van der Waals surface area contributed by atoms with Crippen LogP contribution in [0.4, 0.5) is 23.0 Å². The summed E-state index contributed by atoms with van der Waals surface area (Å²) in [4.78, 5) is 34.7. The van der Waals surface area contributed by atoms with Gasteiger partial charge in [0.25, 0.3) is 5.91 Å². The fraction of sp³-hybridized carbons (Fsp3) is 0. The van der Waals surface area contributed by atoms with E-state index in [-0.39, 0.29) is 22.2 Å². The number of nitrogens with one attached hydrogen (secondary N) is 3. The van der Waals surface area contributed by atoms with Gasteiger partial charge in [0.1, 0.15) is 6.33 Å². The molecule has 0 aliphatic carbocycles. The average molecular weight is 420 g/mol. The van der Waals surface area contributed by atoms with Gasteiger partial charge in [0.2, 0.25) is 11.6 Å². The molecule has 2 heterocycles. The first-order chi connectivity index (χ1) is 13.5. The smallest absolute Gasteiger partial charge is 0.334 e. The topological polar surface area (TPSA) is 135 Å². The summed E-state index contributed by atoms with van der Waals surface area (Å²) in [7, 11) is 0. The van der Waals surface area contributed by atoms with E-state index in [0.29, 0.717) is 10.7 Å². The second kappa shape index (κ2) is 8.46. The quantitative estimate of drug-likeness (QED) is 0.407. The number of carbonyl (C=O) groups excluding carboxylic acids is 1. The molecule has 3 aromatic rings. The maximum Gasteiger partial charge on any atom is 0.355 e. The summed E-state index contributed by atoms with van der Waals surface area (Å²) >= 11 is 11.8. The number of nitrogens with zero attached hydrogens (tertiary/aromatic N) is 4. The minimum Gasteiger partial charge on any atom is -0.334 e. The number of nitro groups is 1. The molecule has 0 atom stereocenters. The third kappa shape index (κ3) is 4.42. The van der Waals surface area contributed by atoms with Crippen molar-refractivity contribution in [2.75, 3.05) is 10.7 Å². The summed E-state index contributed by atoms with van der Waals surface area (Å²) in [5, 5.41) is 14.8. The molecule has 0 bridgehead atoms. The van der Waals surface area contributed by atoms with E-state index in [1.807, 2.05) is 0 Å². The molecule has 1 aromatic carbocycles. The van der Waals surface area contributed by atoms with Gasteiger partial charge in [0.05, 0.1) is 15.5 Å². The largest absolute Gasteiger partial charge is 0.355 e. The summed E-state index contributed by atoms with van der Waals surface area (Å²) in [6.07, 6.45) is 4.15. The van der Waals surface area contributed by atoms with Crippen molar-refractivity contribution in [3.63, 3.8) is 0 Å². The van der Waals surface area contributed by atoms with Crippen LogP contribution < -0.4 is 16.2 Å². The number of aromatic nitrogens is 3. The van der Waals surface area contributed by atoms with Crippen molar-refractivity contribution < 1.29 is 9.72 Å². The van der Waals surface area contributed by atoms with Gasteiger partial charge in [-0.25, -0.2) is 9.97 Å². The molecule has 142 valence electrons. The van der Waals surface area contributed by atoms with Gasteiger partial charge in [0, 0.05) is 23.1 Å². The van der Waals surface area contributed by atoms with Crippen LogP contribution >= 0.6 is 23.2 Å². The average Bonchev–Trinajstić information content (AvgIpc) is 2.66. The molecule has 3 N–H and O–H groups in total. The predicted octanol–water partition coefficient (Wildman–Crippen LogP) is 3.59. The van der Waals surface area contributed by atoms with Gasteiger partial charge in [-0.2, -0.15) is 0 Å². The molecule has 0 spiro atoms. The summed E-state index contributed by atoms with van der Waals surface area (Å²) in [6, 6.07) is 7.55. The van der Waals surface area contributed by atoms with Gasteiger partial charge < -0.3 is 5.32 Å². The Kier molecular flexibility index (Phi) is 5.82. The Bertz CT molecular complexity index is 1030. The summed E-state index contributed by atoms with van der Waals surface area (Å²) in [5.74, 6) is -0.902. The van der Waals surface area contributed by atoms with Crippen molar-refractivity contribution in [2.24, 2.45) is 0 Å². The maximum atomic E-state index is 12.3. The monoisotopic (exact) mass is 419 g/mol. The molecule has 0 aliphatic rings. The number of amides is 1. The third-order valence-electron chi connectivity index (χ3n) is 3.42. The van der Waals surface area contributed by atoms with E-state index in [4.69, 9.17) is 23.2 Å². The van der Waals surface area contributed by atoms with E-state index in [2.05, 4.69) is 31.1 Å². The molecule has 2 aromatic heterocycles. The zero-order valence-corrected chi connectivity index (χ0v) is 15.4. The fourth-order valence-corrected chi connectivity index (χ4v) is 2.66. The van der Waals surface area contributed by atoms with Gasteiger partial charge in [-0.1, -0.05) is 23.2 Å². The zero-order chi connectivity index (χ0) is 20.1. The molecule has 0 fully saturated rings. The highest BCUT2D eigenvalue weighted by molar-refractivity contribution is 6.36. The highest BCUT2D eigenvalue weighted by Gasteiger charge is 2.24. The number of benzene rings is 1. The van der Waals surface area contributed by atoms with Gasteiger partial charge in [-0.3, -0.25) is 30.7 Å². The van der Waals surface area contributed by atoms with E-state index in [1.54, 1.807) is 12.1 Å². The van der Waals surface area contributed by atoms with Crippen LogP contribution in [0.5, 0.6) is 0 Å². The molecule has 12 heteroatoms. The number of hydrogen-bond donors (Lipinski definition) is 3. The number of hydrazine groups is 1. The van der Waals surface area contributed by atoms with Gasteiger partial charge >= 0.3 is 5.69 Å². The van der Waals surface area contributed by atoms with E-state index in [9.17, 15) is 14.9 Å². The highest BCUT2D eigenvalue weighted by atomic mass is 35.5. The Labute approximate surface area is 168 Å². The number of hydrogen-bond acceptors (Lipinski definition) is 8. The molecule has 10 nitrogen and oxygen atoms in total. The molecule has 0 aliphatic heterocycles. The lowest BCUT2D eigenvalue weighted by Crippen LogP contribution is -2.30. The molecule has 0 unspecified atom stereocenters. The van der Waals surface area contributed by atoms with Crippen molar-refractivity contribution in [1.29, 1.82) is 0 Å². The van der Waals surface area contributed by atoms with E-state index in [1.165, 1.54) is 30.6 Å². The minimum absolute atomic E-state index is 0.0625. The minimum atomic E-state index is -0.673. The summed E-state index contributed by atoms with van der Waals surface area (Å²) < 4.78 is 0. The SMILES string of the molecule is O=C(NNc1ncnc(Nc2ccncc2)c1[N+](=O)[O-])c1ccc(Cl)cc1Cl. The number of anilines is 3. The van der Waals surface area contributed by atoms with Crippen LogP contribution in [0.25, 0.3) is 0 Å². The first-order valence-electron chi connectivity index (χ1n) is 7.63. The Morgan fingerprint density at radius 1 is 1.07 bits per heavy atom. The summed E-state index contributed by atoms with van der Waals surface area (Å²) in [5.41, 5.74) is 4.95. The zero-order valence-electron chi connectivity index (χ0n) is 13.9. The number of pyridine rings is 1. The lowest BCUT2D eigenvalue weighted by Gasteiger charge is -2.11. The third-order valence-corrected chi connectivity index (χ3v) is 3.97. The van der Waals surface area contributed by atoms with Crippen molar-refractivity contribution >= 4 is 52.1 Å². The standard InChI is InChI=1S/C16H11Cl2N7O3/c17-9-1-2-11(12(18)7-9)16(26)24-23-15-13(25(27)28)14(20-8-21-15)22-10-3-5-19-6-4-10/h1-8H,(H,24,26)(H2,19,20,21,22,23). The van der Waals surface area contributed by atoms with Crippen LogP contribution in [-0.2, 0) is 0 Å². The first kappa shape index (κ1) is 19.3. The van der Waals surface area contributed by atoms with Crippen molar-refractivity contribution in [1.82, 2.24) is 20.4 Å². The fourth-order valence-electron chi connectivity index (χ4n) is 2.16. The molecule has 28 heavy (non-hydrogen) atoms. The van der Waals surface area contributed by atoms with E-state index in [0.717, 1.165) is 6.33 Å². The van der Waals surface area contributed by atoms with E-state index >= 15 is 0 Å². The highest BCUT2D eigenvalue weighted by Crippen LogP contribution is 2.30. The Hall–Kier alpha value is -3.50. The Morgan fingerprint density at radius 2 is 1.79 bits per heavy atom. The second-order valence-corrected chi connectivity index (χ2v) is 6.08. The number of halogens is 2. The molecule has 0 saturated heterocycles. The first-order valence-corrected chi connectivity index (χ1v) is 8.39. The van der Waals surface area contributed by atoms with Gasteiger partial charge in [-0.15, -0.1) is 0 Å². The van der Waals surface area contributed by atoms with Crippen molar-refractivity contribution in [2.45, 2.75) is 0 Å². The molecular formula is C16H11Cl2N7O3. The Balaban J connectivity index is 1.82. The summed E-state index contributed by atoms with van der Waals surface area (Å²) in [6.45, 7) is 0. The van der Waals surface area contributed by atoms with Crippen LogP contribution in [0.1, 0.15) is 10.4 Å². The lowest BCUT2D eigenvalue weighted by molar-refractivity contribution is -0.383. The van der Waals surface area contributed by atoms with Gasteiger partial charge in [0.15, 0.2) is 0 Å².